The SMILES string of the molecule is CN(C)C(=O)c1ccn(-c2nccc(C(=O)O)c2F)n1. The Kier molecular flexibility index (Phi) is 3.47. The minimum Gasteiger partial charge on any atom is -0.478 e. The minimum atomic E-state index is -1.40. The zero-order valence-corrected chi connectivity index (χ0v) is 10.7. The average molecular weight is 278 g/mol. The highest BCUT2D eigenvalue weighted by atomic mass is 19.1. The van der Waals surface area contributed by atoms with E-state index in [0.29, 0.717) is 0 Å². The van der Waals surface area contributed by atoms with Gasteiger partial charge in [-0.3, -0.25) is 4.79 Å². The molecule has 7 nitrogen and oxygen atoms in total. The van der Waals surface area contributed by atoms with Crippen LogP contribution in [-0.4, -0.2) is 50.7 Å². The second kappa shape index (κ2) is 5.08. The second-order valence-corrected chi connectivity index (χ2v) is 4.15. The normalized spacial score (nSPS) is 10.3. The van der Waals surface area contributed by atoms with Crippen LogP contribution in [0.15, 0.2) is 24.5 Å². The van der Waals surface area contributed by atoms with E-state index in [0.717, 1.165) is 16.9 Å². The van der Waals surface area contributed by atoms with Gasteiger partial charge in [0.1, 0.15) is 5.56 Å². The van der Waals surface area contributed by atoms with Crippen LogP contribution in [0.1, 0.15) is 20.8 Å². The minimum absolute atomic E-state index is 0.108. The number of hydrogen-bond acceptors (Lipinski definition) is 4. The highest BCUT2D eigenvalue weighted by Crippen LogP contribution is 2.14. The summed E-state index contributed by atoms with van der Waals surface area (Å²) in [6.07, 6.45) is 2.50. The zero-order chi connectivity index (χ0) is 14.9. The molecule has 8 heteroatoms. The molecule has 0 aliphatic carbocycles. The van der Waals surface area contributed by atoms with Crippen LogP contribution in [0, 0.1) is 5.82 Å². The molecule has 2 aromatic heterocycles. The number of nitrogens with zero attached hydrogens (tertiary/aromatic N) is 4. The zero-order valence-electron chi connectivity index (χ0n) is 10.7. The van der Waals surface area contributed by atoms with Gasteiger partial charge in [0.05, 0.1) is 0 Å². The summed E-state index contributed by atoms with van der Waals surface area (Å²) in [5.41, 5.74) is -0.400. The van der Waals surface area contributed by atoms with Gasteiger partial charge in [-0.15, -0.1) is 0 Å². The maximum atomic E-state index is 14.0. The molecule has 0 saturated carbocycles. The summed E-state index contributed by atoms with van der Waals surface area (Å²) in [5.74, 6) is -3.03. The maximum Gasteiger partial charge on any atom is 0.338 e. The second-order valence-electron chi connectivity index (χ2n) is 4.15. The van der Waals surface area contributed by atoms with Gasteiger partial charge in [-0.2, -0.15) is 5.10 Å². The number of amides is 1. The predicted molar refractivity (Wildman–Crippen MR) is 66.3 cm³/mol. The van der Waals surface area contributed by atoms with E-state index in [4.69, 9.17) is 5.11 Å². The van der Waals surface area contributed by atoms with Gasteiger partial charge in [-0.05, 0) is 12.1 Å². The number of carboxylic acids is 1. The van der Waals surface area contributed by atoms with Gasteiger partial charge in [0, 0.05) is 26.5 Å². The van der Waals surface area contributed by atoms with Crippen LogP contribution in [0.3, 0.4) is 0 Å². The first-order chi connectivity index (χ1) is 9.41. The van der Waals surface area contributed by atoms with E-state index in [1.165, 1.54) is 17.2 Å². The van der Waals surface area contributed by atoms with Crippen molar-refractivity contribution in [2.45, 2.75) is 0 Å². The molecule has 0 aliphatic rings. The number of carboxylic acid groups (broad SMARTS) is 1. The lowest BCUT2D eigenvalue weighted by molar-refractivity contribution is 0.0691. The van der Waals surface area contributed by atoms with Crippen LogP contribution in [-0.2, 0) is 0 Å². The van der Waals surface area contributed by atoms with Crippen LogP contribution in [0.4, 0.5) is 4.39 Å². The van der Waals surface area contributed by atoms with E-state index >= 15 is 0 Å². The van der Waals surface area contributed by atoms with Crippen molar-refractivity contribution < 1.29 is 19.1 Å². The number of aromatic nitrogens is 3. The molecule has 20 heavy (non-hydrogen) atoms. The van der Waals surface area contributed by atoms with Gasteiger partial charge in [-0.1, -0.05) is 0 Å². The Balaban J connectivity index is 2.46. The van der Waals surface area contributed by atoms with Crippen molar-refractivity contribution in [1.82, 2.24) is 19.7 Å². The van der Waals surface area contributed by atoms with E-state index in [9.17, 15) is 14.0 Å². The average Bonchev–Trinajstić information content (AvgIpc) is 2.86. The molecule has 1 amide bonds. The highest BCUT2D eigenvalue weighted by molar-refractivity contribution is 5.92. The number of carbonyl (C=O) groups excluding carboxylic acids is 1. The summed E-state index contributed by atoms with van der Waals surface area (Å²) in [7, 11) is 3.12. The Morgan fingerprint density at radius 2 is 2.05 bits per heavy atom. The van der Waals surface area contributed by atoms with E-state index in [2.05, 4.69) is 10.1 Å². The Hall–Kier alpha value is -2.77. The topological polar surface area (TPSA) is 88.3 Å². The number of hydrogen-bond donors (Lipinski definition) is 1. The van der Waals surface area contributed by atoms with Gasteiger partial charge >= 0.3 is 5.97 Å². The Morgan fingerprint density at radius 1 is 1.35 bits per heavy atom. The number of aromatic carboxylic acids is 1. The van der Waals surface area contributed by atoms with E-state index in [-0.39, 0.29) is 17.4 Å². The Morgan fingerprint density at radius 3 is 2.65 bits per heavy atom. The van der Waals surface area contributed by atoms with Crippen molar-refractivity contribution in [3.63, 3.8) is 0 Å². The molecule has 104 valence electrons. The van der Waals surface area contributed by atoms with Crippen molar-refractivity contribution >= 4 is 11.9 Å². The van der Waals surface area contributed by atoms with Gasteiger partial charge in [0.2, 0.25) is 0 Å². The molecule has 0 unspecified atom stereocenters. The molecule has 0 spiro atoms. The Labute approximate surface area is 113 Å². The van der Waals surface area contributed by atoms with Crippen LogP contribution >= 0.6 is 0 Å². The number of rotatable bonds is 3. The van der Waals surface area contributed by atoms with Gasteiger partial charge in [0.25, 0.3) is 5.91 Å². The van der Waals surface area contributed by atoms with E-state index in [1.54, 1.807) is 14.1 Å². The van der Waals surface area contributed by atoms with Crippen molar-refractivity contribution in [2.75, 3.05) is 14.1 Å². The number of pyridine rings is 1. The third-order valence-corrected chi connectivity index (χ3v) is 2.53. The lowest BCUT2D eigenvalue weighted by Crippen LogP contribution is -2.22. The van der Waals surface area contributed by atoms with Crippen molar-refractivity contribution in [2.24, 2.45) is 0 Å². The third kappa shape index (κ3) is 2.35. The standard InChI is InChI=1S/C12H11FN4O3/c1-16(2)11(18)8-4-6-17(15-8)10-9(13)7(12(19)20)3-5-14-10/h3-6H,1-2H3,(H,19,20). The quantitative estimate of drug-likeness (QED) is 0.897. The maximum absolute atomic E-state index is 14.0. The van der Waals surface area contributed by atoms with Crippen molar-refractivity contribution in [3.8, 4) is 5.82 Å². The van der Waals surface area contributed by atoms with Gasteiger partial charge in [-0.25, -0.2) is 18.9 Å². The first-order valence-corrected chi connectivity index (χ1v) is 5.57. The summed E-state index contributed by atoms with van der Waals surface area (Å²) in [6, 6.07) is 2.45. The molecule has 1 N–H and O–H groups in total. The smallest absolute Gasteiger partial charge is 0.338 e. The Bertz CT molecular complexity index is 681. The monoisotopic (exact) mass is 278 g/mol. The molecule has 0 saturated heterocycles. The fraction of sp³-hybridized carbons (Fsp3) is 0.167. The first kappa shape index (κ1) is 13.7. The molecular weight excluding hydrogens is 267 g/mol. The summed E-state index contributed by atoms with van der Waals surface area (Å²) >= 11 is 0. The van der Waals surface area contributed by atoms with Crippen molar-refractivity contribution in [1.29, 1.82) is 0 Å². The summed E-state index contributed by atoms with van der Waals surface area (Å²) in [6.45, 7) is 0. The van der Waals surface area contributed by atoms with Gasteiger partial charge in [0.15, 0.2) is 17.3 Å². The molecular formula is C12H11FN4O3. The highest BCUT2D eigenvalue weighted by Gasteiger charge is 2.18. The fourth-order valence-corrected chi connectivity index (χ4v) is 1.54. The largest absolute Gasteiger partial charge is 0.478 e. The first-order valence-electron chi connectivity index (χ1n) is 5.57. The molecule has 0 radical (unpaired) electrons. The summed E-state index contributed by atoms with van der Waals surface area (Å²) < 4.78 is 15.0. The van der Waals surface area contributed by atoms with Crippen LogP contribution in [0.25, 0.3) is 5.82 Å². The van der Waals surface area contributed by atoms with Gasteiger partial charge < -0.3 is 10.0 Å². The number of carbonyl (C=O) groups is 2. The van der Waals surface area contributed by atoms with E-state index < -0.39 is 17.3 Å². The third-order valence-electron chi connectivity index (χ3n) is 2.53. The number of halogens is 1. The lowest BCUT2D eigenvalue weighted by atomic mass is 10.2. The van der Waals surface area contributed by atoms with Crippen LogP contribution < -0.4 is 0 Å². The summed E-state index contributed by atoms with van der Waals surface area (Å²) in [5, 5.41) is 12.7. The molecule has 0 fully saturated rings. The van der Waals surface area contributed by atoms with Crippen LogP contribution in [0.5, 0.6) is 0 Å². The fourth-order valence-electron chi connectivity index (χ4n) is 1.54. The molecule has 0 aromatic carbocycles. The van der Waals surface area contributed by atoms with Crippen LogP contribution in [0.2, 0.25) is 0 Å². The molecule has 2 aromatic rings. The van der Waals surface area contributed by atoms with Crippen molar-refractivity contribution in [3.05, 3.63) is 41.6 Å². The molecule has 0 aliphatic heterocycles. The summed E-state index contributed by atoms with van der Waals surface area (Å²) in [4.78, 5) is 27.6. The van der Waals surface area contributed by atoms with E-state index in [1.807, 2.05) is 0 Å². The molecule has 0 bridgehead atoms. The molecule has 2 heterocycles. The molecule has 0 atom stereocenters. The molecule has 2 rings (SSSR count). The lowest BCUT2D eigenvalue weighted by Gasteiger charge is -2.07. The predicted octanol–water partition coefficient (Wildman–Crippen LogP) is 0.806.